The van der Waals surface area contributed by atoms with Crippen LogP contribution < -0.4 is 0 Å². The van der Waals surface area contributed by atoms with Gasteiger partial charge in [-0.1, -0.05) is 30.3 Å². The molecule has 4 nitrogen and oxygen atoms in total. The lowest BCUT2D eigenvalue weighted by atomic mass is 10.00. The van der Waals surface area contributed by atoms with E-state index in [1.165, 1.54) is 0 Å². The number of carbonyl (C=O) groups is 1. The molecular formula is C16H19NO3. The van der Waals surface area contributed by atoms with E-state index < -0.39 is 6.09 Å². The van der Waals surface area contributed by atoms with Gasteiger partial charge in [-0.3, -0.25) is 4.90 Å². The molecule has 4 heteroatoms. The number of ether oxygens (including phenoxy) is 1. The maximum Gasteiger partial charge on any atom is 0.408 e. The van der Waals surface area contributed by atoms with Gasteiger partial charge in [0.2, 0.25) is 0 Å². The first-order valence-corrected chi connectivity index (χ1v) is 7.07. The van der Waals surface area contributed by atoms with E-state index in [0.717, 1.165) is 31.2 Å². The number of allylic oxidation sites excluding steroid dienone is 1. The average molecular weight is 273 g/mol. The zero-order valence-corrected chi connectivity index (χ0v) is 11.4. The van der Waals surface area contributed by atoms with Crippen molar-refractivity contribution in [3.63, 3.8) is 0 Å². The topological polar surface area (TPSA) is 49.8 Å². The van der Waals surface area contributed by atoms with Crippen LogP contribution in [0.15, 0.2) is 42.7 Å². The van der Waals surface area contributed by atoms with Crippen molar-refractivity contribution in [2.45, 2.75) is 43.9 Å². The highest BCUT2D eigenvalue weighted by Gasteiger charge is 2.57. The number of nitrogens with zero attached hydrogens (tertiary/aromatic N) is 1. The van der Waals surface area contributed by atoms with Crippen LogP contribution in [0.1, 0.15) is 31.2 Å². The van der Waals surface area contributed by atoms with Gasteiger partial charge in [0.05, 0.1) is 11.8 Å². The van der Waals surface area contributed by atoms with Crippen molar-refractivity contribution >= 4 is 6.09 Å². The first kappa shape index (κ1) is 13.0. The van der Waals surface area contributed by atoms with Gasteiger partial charge in [0, 0.05) is 6.54 Å². The second-order valence-corrected chi connectivity index (χ2v) is 5.53. The van der Waals surface area contributed by atoms with Crippen molar-refractivity contribution in [2.24, 2.45) is 0 Å². The molecule has 0 saturated heterocycles. The molecule has 1 saturated carbocycles. The molecule has 1 N–H and O–H groups in total. The third-order valence-electron chi connectivity index (χ3n) is 4.25. The highest BCUT2D eigenvalue weighted by molar-refractivity contribution is 5.67. The van der Waals surface area contributed by atoms with Crippen molar-refractivity contribution in [3.05, 3.63) is 48.2 Å². The van der Waals surface area contributed by atoms with Gasteiger partial charge in [-0.05, 0) is 37.3 Å². The van der Waals surface area contributed by atoms with Gasteiger partial charge in [0.1, 0.15) is 6.10 Å². The smallest absolute Gasteiger partial charge is 0.408 e. The lowest BCUT2D eigenvalue weighted by Crippen LogP contribution is -2.49. The molecule has 1 aromatic carbocycles. The summed E-state index contributed by atoms with van der Waals surface area (Å²) >= 11 is 0. The fourth-order valence-electron chi connectivity index (χ4n) is 3.00. The Bertz CT molecular complexity index is 508. The van der Waals surface area contributed by atoms with Crippen LogP contribution in [0.3, 0.4) is 0 Å². The largest absolute Gasteiger partial charge is 0.496 e. The molecule has 0 aromatic heterocycles. The molecule has 1 heterocycles. The normalized spacial score (nSPS) is 22.9. The quantitative estimate of drug-likeness (QED) is 0.914. The van der Waals surface area contributed by atoms with Crippen molar-refractivity contribution in [1.29, 1.82) is 0 Å². The molecule has 2 aliphatic rings. The molecule has 1 amide bonds. The summed E-state index contributed by atoms with van der Waals surface area (Å²) in [6.07, 6.45) is 6.50. The lowest BCUT2D eigenvalue weighted by molar-refractivity contribution is 0.0108. The van der Waals surface area contributed by atoms with Crippen molar-refractivity contribution < 1.29 is 14.6 Å². The van der Waals surface area contributed by atoms with E-state index in [-0.39, 0.29) is 11.6 Å². The predicted molar refractivity (Wildman–Crippen MR) is 75.2 cm³/mol. The standard InChI is InChI=1S/C16H19NO3/c18-15(19)17(12-13-6-2-1-3-7-13)16(9-10-16)14-8-4-5-11-20-14/h1-3,5-7,11,14H,4,8-10,12H2,(H,18,19)/t14-/m0/s1. The highest BCUT2D eigenvalue weighted by atomic mass is 16.5. The van der Waals surface area contributed by atoms with Crippen LogP contribution in [0, 0.1) is 0 Å². The molecule has 0 radical (unpaired) electrons. The van der Waals surface area contributed by atoms with Gasteiger partial charge < -0.3 is 9.84 Å². The molecule has 106 valence electrons. The molecule has 0 unspecified atom stereocenters. The Hall–Kier alpha value is -1.97. The molecule has 1 aliphatic heterocycles. The van der Waals surface area contributed by atoms with Crippen LogP contribution in [-0.2, 0) is 11.3 Å². The van der Waals surface area contributed by atoms with Crippen LogP contribution >= 0.6 is 0 Å². The number of hydrogen-bond donors (Lipinski definition) is 1. The van der Waals surface area contributed by atoms with Gasteiger partial charge in [-0.2, -0.15) is 0 Å². The van der Waals surface area contributed by atoms with Crippen LogP contribution in [-0.4, -0.2) is 27.7 Å². The fraction of sp³-hybridized carbons (Fsp3) is 0.438. The Kier molecular flexibility index (Phi) is 3.38. The summed E-state index contributed by atoms with van der Waals surface area (Å²) in [5.41, 5.74) is 0.694. The van der Waals surface area contributed by atoms with Gasteiger partial charge in [-0.15, -0.1) is 0 Å². The minimum Gasteiger partial charge on any atom is -0.496 e. The molecular weight excluding hydrogens is 254 g/mol. The van der Waals surface area contributed by atoms with Gasteiger partial charge in [-0.25, -0.2) is 4.79 Å². The zero-order valence-electron chi connectivity index (χ0n) is 11.4. The maximum absolute atomic E-state index is 11.7. The minimum absolute atomic E-state index is 0.00712. The molecule has 1 atom stereocenters. The van der Waals surface area contributed by atoms with Crippen molar-refractivity contribution in [1.82, 2.24) is 4.90 Å². The first-order chi connectivity index (χ1) is 9.72. The molecule has 3 rings (SSSR count). The summed E-state index contributed by atoms with van der Waals surface area (Å²) < 4.78 is 5.69. The Morgan fingerprint density at radius 2 is 2.10 bits per heavy atom. The van der Waals surface area contributed by atoms with Crippen LogP contribution in [0.2, 0.25) is 0 Å². The fourth-order valence-corrected chi connectivity index (χ4v) is 3.00. The van der Waals surface area contributed by atoms with Gasteiger partial charge in [0.25, 0.3) is 0 Å². The number of benzene rings is 1. The monoisotopic (exact) mass is 273 g/mol. The molecule has 1 fully saturated rings. The van der Waals surface area contributed by atoms with Crippen molar-refractivity contribution in [3.8, 4) is 0 Å². The summed E-state index contributed by atoms with van der Waals surface area (Å²) in [4.78, 5) is 13.3. The lowest BCUT2D eigenvalue weighted by Gasteiger charge is -2.36. The molecule has 20 heavy (non-hydrogen) atoms. The third kappa shape index (κ3) is 2.38. The van der Waals surface area contributed by atoms with E-state index in [1.54, 1.807) is 11.2 Å². The Morgan fingerprint density at radius 1 is 1.35 bits per heavy atom. The maximum atomic E-state index is 11.7. The Morgan fingerprint density at radius 3 is 2.65 bits per heavy atom. The zero-order chi connectivity index (χ0) is 14.0. The predicted octanol–water partition coefficient (Wildman–Crippen LogP) is 3.39. The van der Waals surface area contributed by atoms with E-state index in [1.807, 2.05) is 36.4 Å². The van der Waals surface area contributed by atoms with Crippen LogP contribution in [0.4, 0.5) is 4.79 Å². The Labute approximate surface area is 118 Å². The van der Waals surface area contributed by atoms with E-state index in [2.05, 4.69) is 0 Å². The summed E-state index contributed by atoms with van der Waals surface area (Å²) in [6, 6.07) is 9.75. The summed E-state index contributed by atoms with van der Waals surface area (Å²) in [5, 5.41) is 9.59. The molecule has 1 aliphatic carbocycles. The second kappa shape index (κ2) is 5.19. The van der Waals surface area contributed by atoms with Gasteiger partial charge in [0.15, 0.2) is 0 Å². The number of rotatable bonds is 4. The average Bonchev–Trinajstić information content (AvgIpc) is 3.28. The summed E-state index contributed by atoms with van der Waals surface area (Å²) in [6.45, 7) is 0.430. The van der Waals surface area contributed by atoms with Crippen LogP contribution in [0.5, 0.6) is 0 Å². The van der Waals surface area contributed by atoms with Crippen LogP contribution in [0.25, 0.3) is 0 Å². The second-order valence-electron chi connectivity index (χ2n) is 5.53. The minimum atomic E-state index is -0.857. The van der Waals surface area contributed by atoms with E-state index in [4.69, 9.17) is 4.74 Å². The number of hydrogen-bond acceptors (Lipinski definition) is 2. The third-order valence-corrected chi connectivity index (χ3v) is 4.25. The summed E-state index contributed by atoms with van der Waals surface area (Å²) in [7, 11) is 0. The SMILES string of the molecule is O=C(O)N(Cc1ccccc1)C1([C@@H]2CCC=CO2)CC1. The highest BCUT2D eigenvalue weighted by Crippen LogP contribution is 2.48. The van der Waals surface area contributed by atoms with Gasteiger partial charge >= 0.3 is 6.09 Å². The molecule has 0 bridgehead atoms. The molecule has 1 aromatic rings. The number of carboxylic acid groups (broad SMARTS) is 1. The number of amides is 1. The van der Waals surface area contributed by atoms with E-state index in [9.17, 15) is 9.90 Å². The summed E-state index contributed by atoms with van der Waals surface area (Å²) in [5.74, 6) is 0. The van der Waals surface area contributed by atoms with E-state index in [0.29, 0.717) is 6.54 Å². The van der Waals surface area contributed by atoms with Crippen molar-refractivity contribution in [2.75, 3.05) is 0 Å². The molecule has 0 spiro atoms. The Balaban J connectivity index is 1.80. The first-order valence-electron chi connectivity index (χ1n) is 7.07. The van der Waals surface area contributed by atoms with E-state index >= 15 is 0 Å².